The van der Waals surface area contributed by atoms with Gasteiger partial charge in [-0.2, -0.15) is 0 Å². The Morgan fingerprint density at radius 2 is 1.97 bits per heavy atom. The van der Waals surface area contributed by atoms with E-state index in [1.807, 2.05) is 11.8 Å². The molecule has 0 radical (unpaired) electrons. The smallest absolute Gasteiger partial charge is 0.266 e. The number of amides is 2. The molecule has 0 bridgehead atoms. The van der Waals surface area contributed by atoms with E-state index in [0.29, 0.717) is 49.4 Å². The first-order valence-electron chi connectivity index (χ1n) is 11.3. The Kier molecular flexibility index (Phi) is 7.32. The molecule has 2 amide bonds. The average molecular weight is 519 g/mol. The van der Waals surface area contributed by atoms with Crippen LogP contribution in [0.2, 0.25) is 5.02 Å². The van der Waals surface area contributed by atoms with Crippen LogP contribution >= 0.6 is 22.9 Å². The first-order chi connectivity index (χ1) is 16.7. The quantitative estimate of drug-likeness (QED) is 0.527. The number of rotatable bonds is 6. The number of carbonyl (C=O) groups is 2. The number of thiophene rings is 1. The van der Waals surface area contributed by atoms with Crippen LogP contribution in [0.4, 0.5) is 5.69 Å². The number of carbonyl (C=O) groups excluding carboxylic acids is 2. The fourth-order valence-electron chi connectivity index (χ4n) is 4.33. The Labute approximate surface area is 211 Å². The molecule has 0 saturated carbocycles. The number of nitrogens with zero attached hydrogens (tertiary/aromatic N) is 3. The van der Waals surface area contributed by atoms with Gasteiger partial charge in [0.15, 0.2) is 0 Å². The van der Waals surface area contributed by atoms with E-state index >= 15 is 0 Å². The fourth-order valence-corrected chi connectivity index (χ4v) is 5.61. The number of piperidine rings is 1. The van der Waals surface area contributed by atoms with E-state index in [2.05, 4.69) is 10.3 Å². The zero-order chi connectivity index (χ0) is 25.3. The highest BCUT2D eigenvalue weighted by atomic mass is 35.5. The lowest BCUT2D eigenvalue weighted by atomic mass is 10.0. The van der Waals surface area contributed by atoms with Crippen molar-refractivity contribution in [1.82, 2.24) is 14.5 Å². The molecule has 9 nitrogen and oxygen atoms in total. The standard InChI is InChI=1S/C24H27ClN4O5S/c1-13-7-5-6-8-29(13)19(30)11-28-12-26-23-20(24(28)32)14(2)21(35-23)22(31)27-16-9-15(25)17(33-3)10-18(16)34-4/h9-10,12-13H,5-8,11H2,1-4H3,(H,27,31)/t13-/m0/s1. The van der Waals surface area contributed by atoms with Crippen molar-refractivity contribution in [3.05, 3.63) is 44.3 Å². The number of halogens is 1. The summed E-state index contributed by atoms with van der Waals surface area (Å²) in [6.07, 6.45) is 4.41. The molecule has 1 fully saturated rings. The summed E-state index contributed by atoms with van der Waals surface area (Å²) in [5.41, 5.74) is 0.532. The highest BCUT2D eigenvalue weighted by molar-refractivity contribution is 7.20. The van der Waals surface area contributed by atoms with Crippen molar-refractivity contribution in [2.75, 3.05) is 26.1 Å². The largest absolute Gasteiger partial charge is 0.495 e. The van der Waals surface area contributed by atoms with Gasteiger partial charge in [-0.3, -0.25) is 19.0 Å². The number of aromatic nitrogens is 2. The molecule has 35 heavy (non-hydrogen) atoms. The summed E-state index contributed by atoms with van der Waals surface area (Å²) in [5.74, 6) is 0.270. The SMILES string of the molecule is COc1cc(OC)c(NC(=O)c2sc3ncn(CC(=O)N4CCCC[C@@H]4C)c(=O)c3c2C)cc1Cl. The summed E-state index contributed by atoms with van der Waals surface area (Å²) in [6.45, 7) is 4.35. The molecule has 1 aliphatic heterocycles. The van der Waals surface area contributed by atoms with Crippen LogP contribution in [-0.4, -0.2) is 53.1 Å². The maximum atomic E-state index is 13.2. The van der Waals surface area contributed by atoms with Gasteiger partial charge in [0.1, 0.15) is 22.9 Å². The molecule has 1 saturated heterocycles. The number of nitrogens with one attached hydrogen (secondary N) is 1. The molecule has 186 valence electrons. The van der Waals surface area contributed by atoms with Crippen molar-refractivity contribution in [2.24, 2.45) is 0 Å². The van der Waals surface area contributed by atoms with E-state index in [0.717, 1.165) is 30.6 Å². The van der Waals surface area contributed by atoms with Gasteiger partial charge in [-0.25, -0.2) is 4.98 Å². The molecule has 4 rings (SSSR count). The molecule has 0 unspecified atom stereocenters. The van der Waals surface area contributed by atoms with E-state index in [1.54, 1.807) is 13.0 Å². The minimum atomic E-state index is -0.422. The molecular weight excluding hydrogens is 492 g/mol. The molecule has 1 aromatic carbocycles. The second kappa shape index (κ2) is 10.2. The van der Waals surface area contributed by atoms with Crippen molar-refractivity contribution in [1.29, 1.82) is 0 Å². The van der Waals surface area contributed by atoms with Crippen LogP contribution in [0.5, 0.6) is 11.5 Å². The molecule has 1 N–H and O–H groups in total. The van der Waals surface area contributed by atoms with Gasteiger partial charge in [0, 0.05) is 18.7 Å². The van der Waals surface area contributed by atoms with Crippen LogP contribution < -0.4 is 20.3 Å². The van der Waals surface area contributed by atoms with Crippen LogP contribution in [0.1, 0.15) is 41.4 Å². The Balaban J connectivity index is 1.62. The zero-order valence-electron chi connectivity index (χ0n) is 20.0. The number of fused-ring (bicyclic) bond motifs is 1. The van der Waals surface area contributed by atoms with Crippen molar-refractivity contribution >= 4 is 50.7 Å². The van der Waals surface area contributed by atoms with Crippen LogP contribution in [0.25, 0.3) is 10.2 Å². The number of ether oxygens (including phenoxy) is 2. The third-order valence-electron chi connectivity index (χ3n) is 6.27. The number of benzene rings is 1. The number of hydrogen-bond acceptors (Lipinski definition) is 7. The van der Waals surface area contributed by atoms with Gasteiger partial charge in [0.05, 0.1) is 41.5 Å². The lowest BCUT2D eigenvalue weighted by Crippen LogP contribution is -2.44. The van der Waals surface area contributed by atoms with Gasteiger partial charge in [-0.15, -0.1) is 11.3 Å². The van der Waals surface area contributed by atoms with Crippen molar-refractivity contribution < 1.29 is 19.1 Å². The van der Waals surface area contributed by atoms with Crippen LogP contribution in [0.15, 0.2) is 23.3 Å². The highest BCUT2D eigenvalue weighted by Gasteiger charge is 2.25. The van der Waals surface area contributed by atoms with E-state index in [9.17, 15) is 14.4 Å². The Morgan fingerprint density at radius 3 is 2.66 bits per heavy atom. The van der Waals surface area contributed by atoms with Crippen LogP contribution in [-0.2, 0) is 11.3 Å². The lowest BCUT2D eigenvalue weighted by Gasteiger charge is -2.33. The minimum Gasteiger partial charge on any atom is -0.495 e. The first kappa shape index (κ1) is 25.0. The Morgan fingerprint density at radius 1 is 1.23 bits per heavy atom. The van der Waals surface area contributed by atoms with Gasteiger partial charge in [0.2, 0.25) is 5.91 Å². The maximum Gasteiger partial charge on any atom is 0.266 e. The van der Waals surface area contributed by atoms with Gasteiger partial charge >= 0.3 is 0 Å². The first-order valence-corrected chi connectivity index (χ1v) is 12.5. The lowest BCUT2D eigenvalue weighted by molar-refractivity contribution is -0.135. The second-order valence-corrected chi connectivity index (χ2v) is 9.89. The molecule has 3 heterocycles. The normalized spacial score (nSPS) is 15.8. The molecule has 0 spiro atoms. The predicted molar refractivity (Wildman–Crippen MR) is 136 cm³/mol. The van der Waals surface area contributed by atoms with Gasteiger partial charge < -0.3 is 19.7 Å². The minimum absolute atomic E-state index is 0.0789. The Bertz CT molecular complexity index is 1350. The number of aryl methyl sites for hydroxylation is 1. The monoisotopic (exact) mass is 518 g/mol. The van der Waals surface area contributed by atoms with Gasteiger partial charge in [-0.1, -0.05) is 11.6 Å². The van der Waals surface area contributed by atoms with E-state index in [1.165, 1.54) is 31.2 Å². The van der Waals surface area contributed by atoms with E-state index in [-0.39, 0.29) is 24.1 Å². The summed E-state index contributed by atoms with van der Waals surface area (Å²) in [4.78, 5) is 46.2. The molecular formula is C24H27ClN4O5S. The Hall–Kier alpha value is -3.11. The van der Waals surface area contributed by atoms with Gasteiger partial charge in [-0.05, 0) is 44.7 Å². The third kappa shape index (κ3) is 4.85. The number of methoxy groups -OCH3 is 2. The average Bonchev–Trinajstić information content (AvgIpc) is 3.18. The molecule has 0 aliphatic carbocycles. The van der Waals surface area contributed by atoms with E-state index in [4.69, 9.17) is 21.1 Å². The third-order valence-corrected chi connectivity index (χ3v) is 7.77. The summed E-state index contributed by atoms with van der Waals surface area (Å²) in [7, 11) is 2.96. The molecule has 11 heteroatoms. The van der Waals surface area contributed by atoms with Crippen molar-refractivity contribution in [3.63, 3.8) is 0 Å². The van der Waals surface area contributed by atoms with Crippen LogP contribution in [0, 0.1) is 6.92 Å². The number of hydrogen-bond donors (Lipinski definition) is 1. The predicted octanol–water partition coefficient (Wildman–Crippen LogP) is 4.09. The summed E-state index contributed by atoms with van der Waals surface area (Å²) in [5, 5.41) is 3.44. The van der Waals surface area contributed by atoms with Crippen molar-refractivity contribution in [2.45, 2.75) is 45.7 Å². The fraction of sp³-hybridized carbons (Fsp3) is 0.417. The highest BCUT2D eigenvalue weighted by Crippen LogP contribution is 2.37. The summed E-state index contributed by atoms with van der Waals surface area (Å²) >= 11 is 7.33. The number of likely N-dealkylation sites (tertiary alicyclic amines) is 1. The second-order valence-electron chi connectivity index (χ2n) is 8.49. The topological polar surface area (TPSA) is 103 Å². The van der Waals surface area contributed by atoms with Gasteiger partial charge in [0.25, 0.3) is 11.5 Å². The summed E-state index contributed by atoms with van der Waals surface area (Å²) < 4.78 is 11.9. The maximum absolute atomic E-state index is 13.2. The number of anilines is 1. The molecule has 1 atom stereocenters. The molecule has 2 aromatic heterocycles. The summed E-state index contributed by atoms with van der Waals surface area (Å²) in [6, 6.07) is 3.28. The molecule has 1 aliphatic rings. The molecule has 3 aromatic rings. The van der Waals surface area contributed by atoms with Crippen LogP contribution in [0.3, 0.4) is 0 Å². The van der Waals surface area contributed by atoms with Crippen molar-refractivity contribution in [3.8, 4) is 11.5 Å². The van der Waals surface area contributed by atoms with E-state index < -0.39 is 5.91 Å². The zero-order valence-corrected chi connectivity index (χ0v) is 21.6.